The van der Waals surface area contributed by atoms with Crippen LogP contribution in [0.3, 0.4) is 0 Å². The van der Waals surface area contributed by atoms with Gasteiger partial charge in [-0.1, -0.05) is 41.7 Å². The summed E-state index contributed by atoms with van der Waals surface area (Å²) in [6.45, 7) is 2.88. The Balaban J connectivity index is 2.48. The summed E-state index contributed by atoms with van der Waals surface area (Å²) in [6.07, 6.45) is 0. The number of hydrogen-bond donors (Lipinski definition) is 0. The largest absolute Gasteiger partial charge is 0.245 e. The van der Waals surface area contributed by atoms with Gasteiger partial charge in [-0.15, -0.1) is 0 Å². The lowest BCUT2D eigenvalue weighted by molar-refractivity contribution is 0.655. The molecule has 0 spiro atoms. The molecule has 2 nitrogen and oxygen atoms in total. The minimum Gasteiger partial charge on any atom is -0.245 e. The molecule has 0 amide bonds. The third kappa shape index (κ3) is 1.76. The van der Waals surface area contributed by atoms with Crippen molar-refractivity contribution in [1.29, 1.82) is 0 Å². The number of aromatic nitrogens is 2. The molecular formula is C10H10N2S2. The third-order valence-electron chi connectivity index (χ3n) is 1.93. The molecule has 1 aromatic carbocycles. The molecule has 0 aliphatic carbocycles. The van der Waals surface area contributed by atoms with E-state index in [0.29, 0.717) is 0 Å². The van der Waals surface area contributed by atoms with Crippen LogP contribution in [0.15, 0.2) is 30.3 Å². The van der Waals surface area contributed by atoms with E-state index in [0.717, 1.165) is 21.1 Å². The number of aryl methyl sites for hydroxylation is 1. The number of hydrogen-bond acceptors (Lipinski definition) is 3. The lowest BCUT2D eigenvalue weighted by Gasteiger charge is -1.93. The molecule has 1 aromatic heterocycles. The highest BCUT2D eigenvalue weighted by atomic mass is 32.1. The van der Waals surface area contributed by atoms with Crippen molar-refractivity contribution in [1.82, 2.24) is 9.78 Å². The molecule has 0 atom stereocenters. The third-order valence-corrected chi connectivity index (χ3v) is 3.28. The summed E-state index contributed by atoms with van der Waals surface area (Å²) in [5, 5.41) is 5.43. The molecular weight excluding hydrogens is 212 g/mol. The van der Waals surface area contributed by atoms with Crippen molar-refractivity contribution in [2.24, 2.45) is 0 Å². The first-order valence-corrected chi connectivity index (χ1v) is 5.67. The van der Waals surface area contributed by atoms with E-state index < -0.39 is 0 Å². The van der Waals surface area contributed by atoms with Crippen LogP contribution in [-0.2, 0) is 6.54 Å². The van der Waals surface area contributed by atoms with Crippen LogP contribution in [-0.4, -0.2) is 9.78 Å². The van der Waals surface area contributed by atoms with Gasteiger partial charge in [0.15, 0.2) is 3.95 Å². The van der Waals surface area contributed by atoms with E-state index in [1.165, 1.54) is 0 Å². The molecule has 0 fully saturated rings. The smallest absolute Gasteiger partial charge is 0.179 e. The minimum absolute atomic E-state index is 0.835. The van der Waals surface area contributed by atoms with Crippen LogP contribution in [0.1, 0.15) is 6.92 Å². The van der Waals surface area contributed by atoms with Crippen LogP contribution in [0.5, 0.6) is 0 Å². The van der Waals surface area contributed by atoms with Gasteiger partial charge in [0.25, 0.3) is 0 Å². The van der Waals surface area contributed by atoms with Gasteiger partial charge in [0.2, 0.25) is 0 Å². The Labute approximate surface area is 91.8 Å². The molecule has 1 heterocycles. The Morgan fingerprint density at radius 2 is 2.07 bits per heavy atom. The van der Waals surface area contributed by atoms with Crippen molar-refractivity contribution in [3.8, 4) is 10.6 Å². The first kappa shape index (κ1) is 9.55. The maximum atomic E-state index is 5.19. The highest BCUT2D eigenvalue weighted by Crippen LogP contribution is 2.22. The molecule has 0 radical (unpaired) electrons. The van der Waals surface area contributed by atoms with Crippen molar-refractivity contribution in [3.63, 3.8) is 0 Å². The Bertz CT molecular complexity index is 470. The van der Waals surface area contributed by atoms with Gasteiger partial charge in [-0.05, 0) is 19.1 Å². The molecule has 0 bridgehead atoms. The van der Waals surface area contributed by atoms with E-state index in [1.807, 2.05) is 41.9 Å². The minimum atomic E-state index is 0.835. The fraction of sp³-hybridized carbons (Fsp3) is 0.200. The number of rotatable bonds is 2. The van der Waals surface area contributed by atoms with Crippen LogP contribution in [0, 0.1) is 3.95 Å². The fourth-order valence-electron chi connectivity index (χ4n) is 1.20. The normalized spacial score (nSPS) is 10.4. The van der Waals surface area contributed by atoms with Gasteiger partial charge in [0.05, 0.1) is 0 Å². The van der Waals surface area contributed by atoms with Crippen LogP contribution in [0.4, 0.5) is 0 Å². The summed E-state index contributed by atoms with van der Waals surface area (Å²) in [5.74, 6) is 0. The molecule has 0 saturated carbocycles. The quantitative estimate of drug-likeness (QED) is 0.725. The van der Waals surface area contributed by atoms with E-state index in [4.69, 9.17) is 12.2 Å². The van der Waals surface area contributed by atoms with Gasteiger partial charge >= 0.3 is 0 Å². The Hall–Kier alpha value is -1.00. The molecule has 0 aliphatic rings. The van der Waals surface area contributed by atoms with Crippen molar-refractivity contribution in [3.05, 3.63) is 34.3 Å². The van der Waals surface area contributed by atoms with Gasteiger partial charge in [0, 0.05) is 12.1 Å². The van der Waals surface area contributed by atoms with Crippen LogP contribution < -0.4 is 0 Å². The maximum absolute atomic E-state index is 5.19. The summed E-state index contributed by atoms with van der Waals surface area (Å²) in [7, 11) is 0. The molecule has 0 aliphatic heterocycles. The summed E-state index contributed by atoms with van der Waals surface area (Å²) >= 11 is 6.75. The number of nitrogens with zero attached hydrogens (tertiary/aromatic N) is 2. The Morgan fingerprint density at radius 3 is 2.64 bits per heavy atom. The van der Waals surface area contributed by atoms with Gasteiger partial charge in [-0.3, -0.25) is 0 Å². The van der Waals surface area contributed by atoms with E-state index in [1.54, 1.807) is 11.3 Å². The van der Waals surface area contributed by atoms with Crippen molar-refractivity contribution >= 4 is 23.6 Å². The highest BCUT2D eigenvalue weighted by molar-refractivity contribution is 7.73. The molecule has 14 heavy (non-hydrogen) atoms. The SMILES string of the molecule is CCn1nc(-c2ccccc2)sc1=S. The average Bonchev–Trinajstić information content (AvgIpc) is 2.61. The van der Waals surface area contributed by atoms with E-state index >= 15 is 0 Å². The zero-order chi connectivity index (χ0) is 9.97. The second kappa shape index (κ2) is 4.02. The lowest BCUT2D eigenvalue weighted by Crippen LogP contribution is -1.95. The molecule has 0 saturated heterocycles. The van der Waals surface area contributed by atoms with Gasteiger partial charge in [-0.25, -0.2) is 4.68 Å². The highest BCUT2D eigenvalue weighted by Gasteiger charge is 2.03. The molecule has 2 aromatic rings. The van der Waals surface area contributed by atoms with Crippen molar-refractivity contribution in [2.45, 2.75) is 13.5 Å². The van der Waals surface area contributed by atoms with Gasteiger partial charge < -0.3 is 0 Å². The second-order valence-corrected chi connectivity index (χ2v) is 4.48. The van der Waals surface area contributed by atoms with Crippen LogP contribution in [0.2, 0.25) is 0 Å². The topological polar surface area (TPSA) is 17.8 Å². The van der Waals surface area contributed by atoms with Crippen LogP contribution in [0.25, 0.3) is 10.6 Å². The monoisotopic (exact) mass is 222 g/mol. The zero-order valence-electron chi connectivity index (χ0n) is 7.80. The molecule has 2 rings (SSSR count). The standard InChI is InChI=1S/C10H10N2S2/c1-2-12-10(13)14-9(11-12)8-6-4-3-5-7-8/h3-7H,2H2,1H3. The predicted molar refractivity (Wildman–Crippen MR) is 62.0 cm³/mol. The number of benzene rings is 1. The Morgan fingerprint density at radius 1 is 1.36 bits per heavy atom. The summed E-state index contributed by atoms with van der Waals surface area (Å²) in [6, 6.07) is 10.1. The Kier molecular flexibility index (Phi) is 2.74. The fourth-order valence-corrected chi connectivity index (χ4v) is 2.44. The first-order valence-electron chi connectivity index (χ1n) is 4.44. The van der Waals surface area contributed by atoms with Gasteiger partial charge in [-0.2, -0.15) is 5.10 Å². The van der Waals surface area contributed by atoms with Crippen molar-refractivity contribution < 1.29 is 0 Å². The van der Waals surface area contributed by atoms with Crippen LogP contribution >= 0.6 is 23.6 Å². The second-order valence-electron chi connectivity index (χ2n) is 2.85. The lowest BCUT2D eigenvalue weighted by atomic mass is 10.2. The molecule has 72 valence electrons. The van der Waals surface area contributed by atoms with E-state index in [9.17, 15) is 0 Å². The van der Waals surface area contributed by atoms with Crippen molar-refractivity contribution in [2.75, 3.05) is 0 Å². The first-order chi connectivity index (χ1) is 6.81. The average molecular weight is 222 g/mol. The summed E-state index contributed by atoms with van der Waals surface area (Å²) < 4.78 is 2.69. The zero-order valence-corrected chi connectivity index (χ0v) is 9.44. The van der Waals surface area contributed by atoms with E-state index in [-0.39, 0.29) is 0 Å². The van der Waals surface area contributed by atoms with Gasteiger partial charge in [0.1, 0.15) is 5.01 Å². The summed E-state index contributed by atoms with van der Waals surface area (Å²) in [5.41, 5.74) is 1.14. The maximum Gasteiger partial charge on any atom is 0.179 e. The predicted octanol–water partition coefficient (Wildman–Crippen LogP) is 3.36. The molecule has 0 unspecified atom stereocenters. The summed E-state index contributed by atoms with van der Waals surface area (Å²) in [4.78, 5) is 0. The molecule has 0 N–H and O–H groups in total. The molecule has 4 heteroatoms. The van der Waals surface area contributed by atoms with E-state index in [2.05, 4.69) is 5.10 Å².